The van der Waals surface area contributed by atoms with Crippen LogP contribution in [-0.4, -0.2) is 35.6 Å². The van der Waals surface area contributed by atoms with E-state index in [2.05, 4.69) is 15.6 Å². The van der Waals surface area contributed by atoms with E-state index in [1.54, 1.807) is 18.5 Å². The van der Waals surface area contributed by atoms with Crippen LogP contribution in [0.2, 0.25) is 0 Å². The maximum absolute atomic E-state index is 12.7. The number of nitrogens with zero attached hydrogens (tertiary/aromatic N) is 1. The third-order valence-corrected chi connectivity index (χ3v) is 4.52. The zero-order chi connectivity index (χ0) is 16.1. The molecule has 1 aromatic heterocycles. The van der Waals surface area contributed by atoms with Crippen molar-refractivity contribution in [2.75, 3.05) is 6.61 Å². The number of pyridine rings is 1. The van der Waals surface area contributed by atoms with E-state index in [9.17, 15) is 9.59 Å². The second-order valence-corrected chi connectivity index (χ2v) is 6.26. The highest BCUT2D eigenvalue weighted by Crippen LogP contribution is 2.23. The molecule has 3 rings (SSSR count). The Hall–Kier alpha value is -1.95. The molecule has 6 nitrogen and oxygen atoms in total. The summed E-state index contributed by atoms with van der Waals surface area (Å²) in [5, 5.41) is 5.96. The van der Waals surface area contributed by atoms with Crippen molar-refractivity contribution in [1.82, 2.24) is 15.6 Å². The van der Waals surface area contributed by atoms with Crippen molar-refractivity contribution in [2.45, 2.75) is 56.7 Å². The number of rotatable bonds is 3. The SMILES string of the molecule is O=C1CO[C@H](C(=O)NC2CCCCCC2)[C@@H](c2cccnc2)N1. The van der Waals surface area contributed by atoms with E-state index in [0.29, 0.717) is 0 Å². The fourth-order valence-electron chi connectivity index (χ4n) is 3.30. The normalized spacial score (nSPS) is 26.2. The molecule has 1 aromatic rings. The van der Waals surface area contributed by atoms with E-state index in [-0.39, 0.29) is 24.5 Å². The number of ether oxygens (including phenoxy) is 1. The molecule has 2 heterocycles. The minimum absolute atomic E-state index is 0.0838. The number of nitrogens with one attached hydrogen (secondary N) is 2. The van der Waals surface area contributed by atoms with Crippen LogP contribution in [0.25, 0.3) is 0 Å². The summed E-state index contributed by atoms with van der Waals surface area (Å²) in [5.74, 6) is -0.358. The van der Waals surface area contributed by atoms with Crippen molar-refractivity contribution in [3.8, 4) is 0 Å². The largest absolute Gasteiger partial charge is 0.356 e. The first kappa shape index (κ1) is 15.9. The summed E-state index contributed by atoms with van der Waals surface area (Å²) in [7, 11) is 0. The van der Waals surface area contributed by atoms with E-state index in [1.165, 1.54) is 12.8 Å². The van der Waals surface area contributed by atoms with Gasteiger partial charge in [0, 0.05) is 18.4 Å². The van der Waals surface area contributed by atoms with Gasteiger partial charge in [-0.1, -0.05) is 31.7 Å². The van der Waals surface area contributed by atoms with Gasteiger partial charge in [-0.05, 0) is 24.5 Å². The zero-order valence-electron chi connectivity index (χ0n) is 13.2. The van der Waals surface area contributed by atoms with Crippen LogP contribution in [0.4, 0.5) is 0 Å². The van der Waals surface area contributed by atoms with Gasteiger partial charge in [-0.25, -0.2) is 0 Å². The maximum atomic E-state index is 12.7. The van der Waals surface area contributed by atoms with E-state index < -0.39 is 12.1 Å². The lowest BCUT2D eigenvalue weighted by Gasteiger charge is -2.32. The molecular weight excluding hydrogens is 294 g/mol. The minimum atomic E-state index is -0.708. The van der Waals surface area contributed by atoms with Gasteiger partial charge in [0.05, 0.1) is 6.04 Å². The fourth-order valence-corrected chi connectivity index (χ4v) is 3.30. The molecule has 6 heteroatoms. The number of morpholine rings is 1. The minimum Gasteiger partial charge on any atom is -0.356 e. The molecule has 0 bridgehead atoms. The molecule has 2 amide bonds. The average molecular weight is 317 g/mol. The highest BCUT2D eigenvalue weighted by atomic mass is 16.5. The predicted molar refractivity (Wildman–Crippen MR) is 84.5 cm³/mol. The predicted octanol–water partition coefficient (Wildman–Crippen LogP) is 1.48. The van der Waals surface area contributed by atoms with Gasteiger partial charge in [-0.2, -0.15) is 0 Å². The quantitative estimate of drug-likeness (QED) is 0.828. The first-order chi connectivity index (χ1) is 11.2. The topological polar surface area (TPSA) is 80.3 Å². The van der Waals surface area contributed by atoms with Crippen molar-refractivity contribution in [3.63, 3.8) is 0 Å². The number of carbonyl (C=O) groups is 2. The van der Waals surface area contributed by atoms with Crippen LogP contribution in [0.5, 0.6) is 0 Å². The fraction of sp³-hybridized carbons (Fsp3) is 0.588. The smallest absolute Gasteiger partial charge is 0.251 e. The van der Waals surface area contributed by atoms with Crippen molar-refractivity contribution in [1.29, 1.82) is 0 Å². The van der Waals surface area contributed by atoms with Gasteiger partial charge < -0.3 is 15.4 Å². The monoisotopic (exact) mass is 317 g/mol. The number of aromatic nitrogens is 1. The van der Waals surface area contributed by atoms with Gasteiger partial charge in [-0.15, -0.1) is 0 Å². The molecule has 0 unspecified atom stereocenters. The molecule has 2 atom stereocenters. The first-order valence-corrected chi connectivity index (χ1v) is 8.35. The van der Waals surface area contributed by atoms with Crippen molar-refractivity contribution in [2.24, 2.45) is 0 Å². The standard InChI is InChI=1S/C17H23N3O3/c21-14-11-23-16(15(20-14)12-6-5-9-18-10-12)17(22)19-13-7-3-1-2-4-8-13/h5-6,9-10,13,15-16H,1-4,7-8,11H2,(H,19,22)(H,20,21)/t15-,16+/m1/s1. The summed E-state index contributed by atoms with van der Waals surface area (Å²) in [4.78, 5) is 28.4. The number of hydrogen-bond acceptors (Lipinski definition) is 4. The summed E-state index contributed by atoms with van der Waals surface area (Å²) in [5.41, 5.74) is 0.779. The van der Waals surface area contributed by atoms with Gasteiger partial charge in [0.1, 0.15) is 6.61 Å². The molecule has 124 valence electrons. The Morgan fingerprint density at radius 2 is 2.04 bits per heavy atom. The van der Waals surface area contributed by atoms with Gasteiger partial charge >= 0.3 is 0 Å². The lowest BCUT2D eigenvalue weighted by atomic mass is 10.00. The van der Waals surface area contributed by atoms with Crippen molar-refractivity contribution in [3.05, 3.63) is 30.1 Å². The van der Waals surface area contributed by atoms with Crippen LogP contribution in [0.15, 0.2) is 24.5 Å². The third kappa shape index (κ3) is 4.07. The summed E-state index contributed by atoms with van der Waals surface area (Å²) < 4.78 is 5.54. The molecule has 0 spiro atoms. The molecule has 2 fully saturated rings. The Kier molecular flexibility index (Phi) is 5.23. The van der Waals surface area contributed by atoms with Crippen LogP contribution in [-0.2, 0) is 14.3 Å². The number of amides is 2. The first-order valence-electron chi connectivity index (χ1n) is 8.35. The lowest BCUT2D eigenvalue weighted by Crippen LogP contribution is -2.53. The van der Waals surface area contributed by atoms with Crippen LogP contribution in [0.3, 0.4) is 0 Å². The number of carbonyl (C=O) groups excluding carboxylic acids is 2. The van der Waals surface area contributed by atoms with Crippen molar-refractivity contribution >= 4 is 11.8 Å². The van der Waals surface area contributed by atoms with Gasteiger partial charge in [-0.3, -0.25) is 14.6 Å². The van der Waals surface area contributed by atoms with E-state index in [1.807, 2.05) is 6.07 Å². The second kappa shape index (κ2) is 7.55. The Balaban J connectivity index is 1.70. The Morgan fingerprint density at radius 3 is 2.74 bits per heavy atom. The molecule has 1 saturated heterocycles. The summed E-state index contributed by atoms with van der Waals surface area (Å²) in [6.07, 6.45) is 9.42. The molecule has 0 aromatic carbocycles. The highest BCUT2D eigenvalue weighted by molar-refractivity contribution is 5.86. The third-order valence-electron chi connectivity index (χ3n) is 4.52. The average Bonchev–Trinajstić information content (AvgIpc) is 2.84. The summed E-state index contributed by atoms with van der Waals surface area (Å²) >= 11 is 0. The number of hydrogen-bond donors (Lipinski definition) is 2. The molecule has 1 saturated carbocycles. The van der Waals surface area contributed by atoms with Gasteiger partial charge in [0.25, 0.3) is 5.91 Å². The molecule has 0 radical (unpaired) electrons. The molecule has 1 aliphatic carbocycles. The van der Waals surface area contributed by atoms with Crippen LogP contribution in [0.1, 0.15) is 50.1 Å². The Morgan fingerprint density at radius 1 is 1.26 bits per heavy atom. The van der Waals surface area contributed by atoms with Crippen LogP contribution < -0.4 is 10.6 Å². The maximum Gasteiger partial charge on any atom is 0.251 e. The van der Waals surface area contributed by atoms with E-state index in [0.717, 1.165) is 31.2 Å². The van der Waals surface area contributed by atoms with Crippen molar-refractivity contribution < 1.29 is 14.3 Å². The van der Waals surface area contributed by atoms with Gasteiger partial charge in [0.2, 0.25) is 5.91 Å². The molecule has 1 aliphatic heterocycles. The lowest BCUT2D eigenvalue weighted by molar-refractivity contribution is -0.148. The van der Waals surface area contributed by atoms with E-state index in [4.69, 9.17) is 4.74 Å². The molecule has 2 N–H and O–H groups in total. The van der Waals surface area contributed by atoms with Crippen LogP contribution in [0, 0.1) is 0 Å². The second-order valence-electron chi connectivity index (χ2n) is 6.26. The van der Waals surface area contributed by atoms with Crippen LogP contribution >= 0.6 is 0 Å². The summed E-state index contributed by atoms with van der Waals surface area (Å²) in [6, 6.07) is 3.35. The Labute approximate surface area is 136 Å². The Bertz CT molecular complexity index is 541. The molecule has 2 aliphatic rings. The van der Waals surface area contributed by atoms with E-state index >= 15 is 0 Å². The molecule has 23 heavy (non-hydrogen) atoms. The summed E-state index contributed by atoms with van der Waals surface area (Å²) in [6.45, 7) is -0.0838. The van der Waals surface area contributed by atoms with Gasteiger partial charge in [0.15, 0.2) is 6.10 Å². The molecular formula is C17H23N3O3. The zero-order valence-corrected chi connectivity index (χ0v) is 13.2. The highest BCUT2D eigenvalue weighted by Gasteiger charge is 2.36.